The second-order valence-electron chi connectivity index (χ2n) is 4.33. The highest BCUT2D eigenvalue weighted by atomic mass is 32.2. The van der Waals surface area contributed by atoms with E-state index < -0.39 is 0 Å². The molecule has 2 rings (SSSR count). The highest BCUT2D eigenvalue weighted by Crippen LogP contribution is 2.36. The van der Waals surface area contributed by atoms with Gasteiger partial charge in [0.25, 0.3) is 0 Å². The molecule has 0 fully saturated rings. The first kappa shape index (κ1) is 14.7. The first-order chi connectivity index (χ1) is 9.65. The van der Waals surface area contributed by atoms with Crippen molar-refractivity contribution >= 4 is 17.6 Å². The molecular formula is C15H19N3OS. The summed E-state index contributed by atoms with van der Waals surface area (Å²) in [5.41, 5.74) is 1.06. The topological polar surface area (TPSA) is 47.0 Å². The molecular weight excluding hydrogens is 270 g/mol. The molecule has 1 N–H and O–H groups in total. The van der Waals surface area contributed by atoms with Crippen LogP contribution in [0.1, 0.15) is 18.3 Å². The molecule has 0 amide bonds. The first-order valence-electron chi connectivity index (χ1n) is 6.55. The van der Waals surface area contributed by atoms with Crippen LogP contribution >= 0.6 is 11.8 Å². The fourth-order valence-corrected chi connectivity index (χ4v) is 2.88. The lowest BCUT2D eigenvalue weighted by Gasteiger charge is -2.13. The fourth-order valence-electron chi connectivity index (χ4n) is 1.85. The van der Waals surface area contributed by atoms with Gasteiger partial charge >= 0.3 is 0 Å². The van der Waals surface area contributed by atoms with E-state index in [9.17, 15) is 0 Å². The van der Waals surface area contributed by atoms with Crippen LogP contribution in [0.2, 0.25) is 0 Å². The monoisotopic (exact) mass is 289 g/mol. The molecule has 1 heterocycles. The van der Waals surface area contributed by atoms with Crippen molar-refractivity contribution < 1.29 is 4.74 Å². The molecule has 0 atom stereocenters. The third-order valence-electron chi connectivity index (χ3n) is 2.83. The molecule has 4 nitrogen and oxygen atoms in total. The Morgan fingerprint density at radius 1 is 1.20 bits per heavy atom. The van der Waals surface area contributed by atoms with E-state index in [1.165, 1.54) is 0 Å². The highest BCUT2D eigenvalue weighted by Gasteiger charge is 2.12. The Morgan fingerprint density at radius 2 is 1.95 bits per heavy atom. The Hall–Kier alpha value is -1.75. The van der Waals surface area contributed by atoms with Crippen molar-refractivity contribution in [2.24, 2.45) is 0 Å². The largest absolute Gasteiger partial charge is 0.496 e. The Kier molecular flexibility index (Phi) is 4.84. The van der Waals surface area contributed by atoms with Crippen LogP contribution < -0.4 is 10.1 Å². The fraction of sp³-hybridized carbons (Fsp3) is 0.333. The number of nitrogens with zero attached hydrogens (tertiary/aromatic N) is 2. The van der Waals surface area contributed by atoms with Crippen LogP contribution in [0.15, 0.2) is 34.2 Å². The van der Waals surface area contributed by atoms with Gasteiger partial charge in [-0.3, -0.25) is 0 Å². The molecule has 106 valence electrons. The molecule has 0 aliphatic heterocycles. The van der Waals surface area contributed by atoms with Crippen LogP contribution in [0.3, 0.4) is 0 Å². The number of ether oxygens (including phenoxy) is 1. The predicted octanol–water partition coefficient (Wildman–Crippen LogP) is 3.69. The molecule has 0 saturated heterocycles. The number of hydrogen-bond acceptors (Lipinski definition) is 5. The average Bonchev–Trinajstić information content (AvgIpc) is 2.44. The number of para-hydroxylation sites is 1. The maximum Gasteiger partial charge on any atom is 0.133 e. The van der Waals surface area contributed by atoms with Gasteiger partial charge in [-0.05, 0) is 32.9 Å². The van der Waals surface area contributed by atoms with E-state index in [4.69, 9.17) is 4.74 Å². The van der Waals surface area contributed by atoms with Gasteiger partial charge in [0.15, 0.2) is 0 Å². The third kappa shape index (κ3) is 3.22. The van der Waals surface area contributed by atoms with Gasteiger partial charge in [0, 0.05) is 12.1 Å². The van der Waals surface area contributed by atoms with Crippen LogP contribution in [-0.2, 0) is 0 Å². The zero-order valence-corrected chi connectivity index (χ0v) is 13.0. The van der Waals surface area contributed by atoms with Gasteiger partial charge in [0.05, 0.1) is 12.0 Å². The molecule has 0 radical (unpaired) electrons. The van der Waals surface area contributed by atoms with Crippen molar-refractivity contribution in [3.63, 3.8) is 0 Å². The van der Waals surface area contributed by atoms with Gasteiger partial charge in [0.1, 0.15) is 22.4 Å². The molecule has 5 heteroatoms. The zero-order valence-electron chi connectivity index (χ0n) is 12.2. The van der Waals surface area contributed by atoms with Crippen molar-refractivity contribution in [1.29, 1.82) is 0 Å². The normalized spacial score (nSPS) is 10.4. The van der Waals surface area contributed by atoms with Gasteiger partial charge in [-0.2, -0.15) is 0 Å². The van der Waals surface area contributed by atoms with Crippen molar-refractivity contribution in [3.05, 3.63) is 35.7 Å². The second kappa shape index (κ2) is 6.61. The van der Waals surface area contributed by atoms with E-state index >= 15 is 0 Å². The van der Waals surface area contributed by atoms with Crippen LogP contribution in [0.5, 0.6) is 5.75 Å². The molecule has 0 spiro atoms. The van der Waals surface area contributed by atoms with Crippen molar-refractivity contribution in [2.45, 2.75) is 30.7 Å². The summed E-state index contributed by atoms with van der Waals surface area (Å²) in [5, 5.41) is 4.23. The molecule has 0 saturated carbocycles. The van der Waals surface area contributed by atoms with Crippen molar-refractivity contribution in [2.75, 3.05) is 19.0 Å². The molecule has 0 unspecified atom stereocenters. The number of hydrogen-bond donors (Lipinski definition) is 1. The van der Waals surface area contributed by atoms with E-state index in [2.05, 4.69) is 22.2 Å². The quantitative estimate of drug-likeness (QED) is 0.851. The summed E-state index contributed by atoms with van der Waals surface area (Å²) in [7, 11) is 1.68. The third-order valence-corrected chi connectivity index (χ3v) is 3.98. The minimum Gasteiger partial charge on any atom is -0.496 e. The number of aromatic nitrogens is 2. The van der Waals surface area contributed by atoms with Gasteiger partial charge in [-0.15, -0.1) is 0 Å². The number of rotatable bonds is 5. The summed E-state index contributed by atoms with van der Waals surface area (Å²) in [6.45, 7) is 6.85. The van der Waals surface area contributed by atoms with E-state index in [0.29, 0.717) is 0 Å². The lowest BCUT2D eigenvalue weighted by Crippen LogP contribution is -2.05. The number of nitrogens with one attached hydrogen (secondary N) is 1. The average molecular weight is 289 g/mol. The first-order valence-corrected chi connectivity index (χ1v) is 7.37. The van der Waals surface area contributed by atoms with Gasteiger partial charge in [0.2, 0.25) is 0 Å². The summed E-state index contributed by atoms with van der Waals surface area (Å²) in [5.74, 6) is 2.53. The Balaban J connectivity index is 2.38. The smallest absolute Gasteiger partial charge is 0.133 e. The second-order valence-corrected chi connectivity index (χ2v) is 5.36. The number of methoxy groups -OCH3 is 1. The standard InChI is InChI=1S/C15H19N3OS/c1-5-16-14-10(2)15(18-11(3)17-14)20-13-9-7-6-8-12(13)19-4/h6-9H,5H2,1-4H3,(H,16,17,18). The lowest BCUT2D eigenvalue weighted by molar-refractivity contribution is 0.405. The maximum atomic E-state index is 5.39. The zero-order chi connectivity index (χ0) is 14.5. The molecule has 1 aromatic heterocycles. The van der Waals surface area contributed by atoms with Gasteiger partial charge in [-0.25, -0.2) is 9.97 Å². The summed E-state index contributed by atoms with van der Waals surface area (Å²) < 4.78 is 5.39. The SMILES string of the molecule is CCNc1nc(C)nc(Sc2ccccc2OC)c1C. The van der Waals surface area contributed by atoms with Gasteiger partial charge in [-0.1, -0.05) is 23.9 Å². The van der Waals surface area contributed by atoms with Crippen LogP contribution in [-0.4, -0.2) is 23.6 Å². The Labute approximate surface area is 124 Å². The minimum absolute atomic E-state index is 0.768. The molecule has 1 aromatic carbocycles. The minimum atomic E-state index is 0.768. The lowest BCUT2D eigenvalue weighted by atomic mass is 10.3. The Bertz CT molecular complexity index is 602. The number of anilines is 1. The summed E-state index contributed by atoms with van der Waals surface area (Å²) in [6, 6.07) is 7.95. The molecule has 0 bridgehead atoms. The predicted molar refractivity (Wildman–Crippen MR) is 82.8 cm³/mol. The van der Waals surface area contributed by atoms with Crippen LogP contribution in [0.25, 0.3) is 0 Å². The van der Waals surface area contributed by atoms with Crippen molar-refractivity contribution in [1.82, 2.24) is 9.97 Å². The molecule has 20 heavy (non-hydrogen) atoms. The summed E-state index contributed by atoms with van der Waals surface area (Å²) in [6.07, 6.45) is 0. The van der Waals surface area contributed by atoms with E-state index in [-0.39, 0.29) is 0 Å². The number of aryl methyl sites for hydroxylation is 1. The van der Waals surface area contributed by atoms with Crippen LogP contribution in [0, 0.1) is 13.8 Å². The summed E-state index contributed by atoms with van der Waals surface area (Å²) in [4.78, 5) is 10.0. The van der Waals surface area contributed by atoms with Crippen molar-refractivity contribution in [3.8, 4) is 5.75 Å². The van der Waals surface area contributed by atoms with E-state index in [1.807, 2.05) is 38.1 Å². The highest BCUT2D eigenvalue weighted by molar-refractivity contribution is 7.99. The number of benzene rings is 1. The molecule has 0 aliphatic rings. The maximum absolute atomic E-state index is 5.39. The Morgan fingerprint density at radius 3 is 2.65 bits per heavy atom. The molecule has 0 aliphatic carbocycles. The van der Waals surface area contributed by atoms with Gasteiger partial charge < -0.3 is 10.1 Å². The summed E-state index contributed by atoms with van der Waals surface area (Å²) >= 11 is 1.60. The van der Waals surface area contributed by atoms with E-state index in [1.54, 1.807) is 18.9 Å². The van der Waals surface area contributed by atoms with Crippen LogP contribution in [0.4, 0.5) is 5.82 Å². The van der Waals surface area contributed by atoms with E-state index in [0.717, 1.165) is 39.4 Å². The molecule has 2 aromatic rings.